The first-order valence-electron chi connectivity index (χ1n) is 9.99. The van der Waals surface area contributed by atoms with Gasteiger partial charge in [0.15, 0.2) is 0 Å². The van der Waals surface area contributed by atoms with Gasteiger partial charge in [-0.3, -0.25) is 9.79 Å². The van der Waals surface area contributed by atoms with Crippen LogP contribution in [0.2, 0.25) is 0 Å². The molecule has 0 aliphatic carbocycles. The Labute approximate surface area is 179 Å². The van der Waals surface area contributed by atoms with Gasteiger partial charge in [0, 0.05) is 30.9 Å². The smallest absolute Gasteiger partial charge is 0.272 e. The molecule has 0 aromatic heterocycles. The Kier molecular flexibility index (Phi) is 6.07. The SMILES string of the molecule is CN(Cc1cccc2c1CN=C2)C(=O)c1ccc(-c2ccccc2)c(OCC(F)F)c1. The van der Waals surface area contributed by atoms with Gasteiger partial charge in [-0.25, -0.2) is 8.78 Å². The summed E-state index contributed by atoms with van der Waals surface area (Å²) in [5.74, 6) is 0.0535. The van der Waals surface area contributed by atoms with Crippen molar-refractivity contribution in [1.29, 1.82) is 0 Å². The van der Waals surface area contributed by atoms with E-state index in [0.717, 1.165) is 22.3 Å². The molecule has 31 heavy (non-hydrogen) atoms. The van der Waals surface area contributed by atoms with Crippen molar-refractivity contribution in [2.45, 2.75) is 19.5 Å². The van der Waals surface area contributed by atoms with Gasteiger partial charge in [0.25, 0.3) is 12.3 Å². The molecule has 158 valence electrons. The summed E-state index contributed by atoms with van der Waals surface area (Å²) in [6, 6.07) is 20.3. The minimum atomic E-state index is -2.60. The zero-order valence-corrected chi connectivity index (χ0v) is 17.1. The van der Waals surface area contributed by atoms with Gasteiger partial charge in [-0.1, -0.05) is 48.5 Å². The summed E-state index contributed by atoms with van der Waals surface area (Å²) in [5.41, 5.74) is 5.13. The summed E-state index contributed by atoms with van der Waals surface area (Å²) < 4.78 is 30.9. The molecule has 0 atom stereocenters. The van der Waals surface area contributed by atoms with Crippen molar-refractivity contribution < 1.29 is 18.3 Å². The van der Waals surface area contributed by atoms with Gasteiger partial charge in [-0.2, -0.15) is 0 Å². The third-order valence-corrected chi connectivity index (χ3v) is 5.22. The van der Waals surface area contributed by atoms with Crippen LogP contribution in [-0.4, -0.2) is 37.1 Å². The number of halogens is 2. The van der Waals surface area contributed by atoms with Crippen LogP contribution >= 0.6 is 0 Å². The number of hydrogen-bond donors (Lipinski definition) is 0. The largest absolute Gasteiger partial charge is 0.487 e. The van der Waals surface area contributed by atoms with Crippen LogP contribution in [0.15, 0.2) is 71.7 Å². The fourth-order valence-electron chi connectivity index (χ4n) is 3.68. The summed E-state index contributed by atoms with van der Waals surface area (Å²) >= 11 is 0. The monoisotopic (exact) mass is 420 g/mol. The van der Waals surface area contributed by atoms with Crippen LogP contribution in [0.25, 0.3) is 11.1 Å². The molecule has 3 aromatic carbocycles. The molecule has 0 unspecified atom stereocenters. The predicted octanol–water partition coefficient (Wildman–Crippen LogP) is 5.20. The molecule has 0 saturated carbocycles. The first-order valence-corrected chi connectivity index (χ1v) is 9.99. The Morgan fingerprint density at radius 3 is 2.68 bits per heavy atom. The molecule has 4 rings (SSSR count). The summed E-state index contributed by atoms with van der Waals surface area (Å²) in [6.07, 6.45) is -0.761. The molecule has 0 fully saturated rings. The van der Waals surface area contributed by atoms with Gasteiger partial charge >= 0.3 is 0 Å². The van der Waals surface area contributed by atoms with Gasteiger partial charge < -0.3 is 9.64 Å². The molecule has 1 aliphatic rings. The lowest BCUT2D eigenvalue weighted by atomic mass is 10.0. The number of carbonyl (C=O) groups excluding carboxylic acids is 1. The van der Waals surface area contributed by atoms with Gasteiger partial charge in [0.05, 0.1) is 6.54 Å². The lowest BCUT2D eigenvalue weighted by molar-refractivity contribution is 0.0780. The number of benzene rings is 3. The number of carbonyl (C=O) groups is 1. The van der Waals surface area contributed by atoms with Crippen LogP contribution in [0.5, 0.6) is 5.75 Å². The molecule has 4 nitrogen and oxygen atoms in total. The molecular formula is C25H22F2N2O2. The van der Waals surface area contributed by atoms with Crippen molar-refractivity contribution in [3.63, 3.8) is 0 Å². The van der Waals surface area contributed by atoms with E-state index in [-0.39, 0.29) is 11.7 Å². The Morgan fingerprint density at radius 1 is 1.10 bits per heavy atom. The van der Waals surface area contributed by atoms with E-state index in [4.69, 9.17) is 4.74 Å². The Bertz CT molecular complexity index is 1110. The van der Waals surface area contributed by atoms with Crippen LogP contribution in [0, 0.1) is 0 Å². The molecule has 1 aliphatic heterocycles. The average Bonchev–Trinajstić information content (AvgIpc) is 3.27. The fourth-order valence-corrected chi connectivity index (χ4v) is 3.68. The quantitative estimate of drug-likeness (QED) is 0.527. The number of rotatable bonds is 7. The standard InChI is InChI=1S/C25H22F2N2O2/c1-29(15-20-9-5-8-19-13-28-14-22(19)20)25(30)18-10-11-21(17-6-3-2-4-7-17)23(12-18)31-16-24(26)27/h2-13,24H,14-16H2,1H3. The summed E-state index contributed by atoms with van der Waals surface area (Å²) in [7, 11) is 1.72. The van der Waals surface area contributed by atoms with E-state index >= 15 is 0 Å². The summed E-state index contributed by atoms with van der Waals surface area (Å²) in [6.45, 7) is 0.313. The van der Waals surface area contributed by atoms with E-state index in [9.17, 15) is 13.6 Å². The van der Waals surface area contributed by atoms with E-state index in [0.29, 0.717) is 24.2 Å². The highest BCUT2D eigenvalue weighted by atomic mass is 19.3. The van der Waals surface area contributed by atoms with Crippen LogP contribution < -0.4 is 4.74 Å². The lowest BCUT2D eigenvalue weighted by Crippen LogP contribution is -2.26. The normalized spacial score (nSPS) is 12.1. The fraction of sp³-hybridized carbons (Fsp3) is 0.200. The average molecular weight is 420 g/mol. The second-order valence-corrected chi connectivity index (χ2v) is 7.39. The summed E-state index contributed by atoms with van der Waals surface area (Å²) in [4.78, 5) is 19.0. The maximum atomic E-state index is 13.1. The van der Waals surface area contributed by atoms with Gasteiger partial charge in [-0.05, 0) is 40.5 Å². The number of fused-ring (bicyclic) bond motifs is 1. The molecule has 0 saturated heterocycles. The molecule has 0 N–H and O–H groups in total. The molecule has 0 bridgehead atoms. The third-order valence-electron chi connectivity index (χ3n) is 5.22. The van der Waals surface area contributed by atoms with E-state index in [1.54, 1.807) is 30.1 Å². The van der Waals surface area contributed by atoms with E-state index in [2.05, 4.69) is 4.99 Å². The summed E-state index contributed by atoms with van der Waals surface area (Å²) in [5, 5.41) is 0. The Balaban J connectivity index is 1.59. The Hall–Kier alpha value is -3.54. The van der Waals surface area contributed by atoms with E-state index in [1.807, 2.05) is 54.7 Å². The van der Waals surface area contributed by atoms with Crippen molar-refractivity contribution >= 4 is 12.1 Å². The molecule has 1 heterocycles. The Morgan fingerprint density at radius 2 is 1.90 bits per heavy atom. The zero-order chi connectivity index (χ0) is 21.8. The molecular weight excluding hydrogens is 398 g/mol. The van der Waals surface area contributed by atoms with E-state index in [1.165, 1.54) is 0 Å². The van der Waals surface area contributed by atoms with Crippen LogP contribution in [0.3, 0.4) is 0 Å². The molecule has 0 radical (unpaired) electrons. The second kappa shape index (κ2) is 9.08. The van der Waals surface area contributed by atoms with E-state index < -0.39 is 13.0 Å². The first kappa shape index (κ1) is 20.7. The number of alkyl halides is 2. The van der Waals surface area contributed by atoms with Crippen molar-refractivity contribution in [3.05, 3.63) is 89.0 Å². The van der Waals surface area contributed by atoms with Crippen LogP contribution in [-0.2, 0) is 13.1 Å². The third kappa shape index (κ3) is 4.63. The van der Waals surface area contributed by atoms with Crippen molar-refractivity contribution in [3.8, 4) is 16.9 Å². The molecule has 1 amide bonds. The minimum absolute atomic E-state index is 0.210. The van der Waals surface area contributed by atoms with Gasteiger partial charge in [0.2, 0.25) is 0 Å². The van der Waals surface area contributed by atoms with Gasteiger partial charge in [-0.15, -0.1) is 0 Å². The predicted molar refractivity (Wildman–Crippen MR) is 117 cm³/mol. The molecule has 6 heteroatoms. The maximum absolute atomic E-state index is 13.1. The molecule has 3 aromatic rings. The minimum Gasteiger partial charge on any atom is -0.487 e. The van der Waals surface area contributed by atoms with Crippen molar-refractivity contribution in [2.75, 3.05) is 13.7 Å². The highest BCUT2D eigenvalue weighted by Crippen LogP contribution is 2.32. The van der Waals surface area contributed by atoms with Crippen LogP contribution in [0.4, 0.5) is 8.78 Å². The van der Waals surface area contributed by atoms with Gasteiger partial charge in [0.1, 0.15) is 12.4 Å². The second-order valence-electron chi connectivity index (χ2n) is 7.39. The zero-order valence-electron chi connectivity index (χ0n) is 17.1. The molecule has 0 spiro atoms. The highest BCUT2D eigenvalue weighted by molar-refractivity contribution is 5.95. The number of aliphatic imine (C=N–C) groups is 1. The lowest BCUT2D eigenvalue weighted by Gasteiger charge is -2.20. The maximum Gasteiger partial charge on any atom is 0.272 e. The van der Waals surface area contributed by atoms with Crippen LogP contribution in [0.1, 0.15) is 27.0 Å². The first-order chi connectivity index (χ1) is 15.0. The van der Waals surface area contributed by atoms with Crippen molar-refractivity contribution in [2.24, 2.45) is 4.99 Å². The number of hydrogen-bond acceptors (Lipinski definition) is 3. The number of nitrogens with zero attached hydrogens (tertiary/aromatic N) is 2. The topological polar surface area (TPSA) is 41.9 Å². The number of amides is 1. The number of ether oxygens (including phenoxy) is 1. The highest BCUT2D eigenvalue weighted by Gasteiger charge is 2.19. The van der Waals surface area contributed by atoms with Crippen molar-refractivity contribution in [1.82, 2.24) is 4.90 Å².